The number of methoxy groups -OCH3 is 2. The Bertz CT molecular complexity index is 681. The molecule has 0 unspecified atom stereocenters. The van der Waals surface area contributed by atoms with Crippen LogP contribution in [0.1, 0.15) is 0 Å². The molecule has 0 spiro atoms. The highest BCUT2D eigenvalue weighted by Crippen LogP contribution is 2.40. The van der Waals surface area contributed by atoms with Crippen LogP contribution in [0.15, 0.2) is 28.7 Å². The summed E-state index contributed by atoms with van der Waals surface area (Å²) in [5.41, 5.74) is 7.79. The second-order valence-corrected chi connectivity index (χ2v) is 5.75. The normalized spacial score (nSPS) is 10.3. The van der Waals surface area contributed by atoms with Gasteiger partial charge in [-0.25, -0.2) is 0 Å². The van der Waals surface area contributed by atoms with E-state index in [4.69, 9.17) is 38.4 Å². The van der Waals surface area contributed by atoms with Crippen LogP contribution in [0.25, 0.3) is 0 Å². The van der Waals surface area contributed by atoms with Crippen molar-refractivity contribution in [1.82, 2.24) is 0 Å². The molecule has 0 saturated carbocycles. The van der Waals surface area contributed by atoms with E-state index in [1.807, 2.05) is 0 Å². The highest BCUT2D eigenvalue weighted by Gasteiger charge is 2.13. The van der Waals surface area contributed by atoms with Crippen molar-refractivity contribution in [1.29, 1.82) is 0 Å². The SMILES string of the molecule is COc1cc(N)c(Nc2ccc(Br)c(Cl)c2Cl)cc1OC. The van der Waals surface area contributed by atoms with Gasteiger partial charge in [-0.3, -0.25) is 0 Å². The lowest BCUT2D eigenvalue weighted by atomic mass is 10.2. The minimum Gasteiger partial charge on any atom is -0.493 e. The summed E-state index contributed by atoms with van der Waals surface area (Å²) < 4.78 is 11.2. The Morgan fingerprint density at radius 3 is 2.24 bits per heavy atom. The van der Waals surface area contributed by atoms with Crippen LogP contribution in [0.2, 0.25) is 10.0 Å². The Labute approximate surface area is 141 Å². The summed E-state index contributed by atoms with van der Waals surface area (Å²) in [4.78, 5) is 0. The fourth-order valence-electron chi connectivity index (χ4n) is 1.77. The van der Waals surface area contributed by atoms with Crippen molar-refractivity contribution in [2.24, 2.45) is 0 Å². The number of nitrogen functional groups attached to an aromatic ring is 1. The third-order valence-corrected chi connectivity index (χ3v) is 4.63. The van der Waals surface area contributed by atoms with E-state index < -0.39 is 0 Å². The molecule has 2 rings (SSSR count). The molecular formula is C14H13BrCl2N2O2. The number of hydrogen-bond acceptors (Lipinski definition) is 4. The Morgan fingerprint density at radius 1 is 1.00 bits per heavy atom. The van der Waals surface area contributed by atoms with Gasteiger partial charge < -0.3 is 20.5 Å². The number of anilines is 3. The lowest BCUT2D eigenvalue weighted by Gasteiger charge is -2.15. The molecule has 2 aromatic rings. The monoisotopic (exact) mass is 390 g/mol. The number of benzene rings is 2. The van der Waals surface area contributed by atoms with Gasteiger partial charge in [0.25, 0.3) is 0 Å². The summed E-state index contributed by atoms with van der Waals surface area (Å²) in [6, 6.07) is 7.01. The molecule has 4 nitrogen and oxygen atoms in total. The molecule has 3 N–H and O–H groups in total. The van der Waals surface area contributed by atoms with E-state index in [1.54, 1.807) is 38.5 Å². The van der Waals surface area contributed by atoms with Crippen LogP contribution in [0.3, 0.4) is 0 Å². The molecule has 0 atom stereocenters. The van der Waals surface area contributed by atoms with E-state index >= 15 is 0 Å². The van der Waals surface area contributed by atoms with E-state index in [0.29, 0.717) is 38.6 Å². The average Bonchev–Trinajstić information content (AvgIpc) is 2.49. The zero-order valence-corrected chi connectivity index (χ0v) is 14.4. The van der Waals surface area contributed by atoms with Gasteiger partial charge in [-0.1, -0.05) is 23.2 Å². The number of ether oxygens (including phenoxy) is 2. The molecule has 0 radical (unpaired) electrons. The van der Waals surface area contributed by atoms with E-state index in [0.717, 1.165) is 4.47 Å². The first-order valence-corrected chi connectivity index (χ1v) is 7.44. The summed E-state index contributed by atoms with van der Waals surface area (Å²) in [5, 5.41) is 3.97. The van der Waals surface area contributed by atoms with Crippen LogP contribution in [-0.4, -0.2) is 14.2 Å². The second-order valence-electron chi connectivity index (χ2n) is 4.14. The maximum atomic E-state index is 6.21. The lowest BCUT2D eigenvalue weighted by molar-refractivity contribution is 0.355. The van der Waals surface area contributed by atoms with Crippen LogP contribution in [0.4, 0.5) is 17.1 Å². The molecule has 0 saturated heterocycles. The highest BCUT2D eigenvalue weighted by atomic mass is 79.9. The molecule has 2 aromatic carbocycles. The number of nitrogens with two attached hydrogens (primary N) is 1. The fraction of sp³-hybridized carbons (Fsp3) is 0.143. The Morgan fingerprint density at radius 2 is 1.62 bits per heavy atom. The smallest absolute Gasteiger partial charge is 0.162 e. The largest absolute Gasteiger partial charge is 0.493 e. The molecule has 0 heterocycles. The summed E-state index contributed by atoms with van der Waals surface area (Å²) in [7, 11) is 3.11. The molecule has 0 aromatic heterocycles. The molecule has 0 fully saturated rings. The standard InChI is InChI=1S/C14H13BrCl2N2O2/c1-20-11-5-8(18)10(6-12(11)21-2)19-9-4-3-7(15)13(16)14(9)17/h3-6,19H,18H2,1-2H3. The molecule has 112 valence electrons. The van der Waals surface area contributed by atoms with Crippen LogP contribution >= 0.6 is 39.1 Å². The van der Waals surface area contributed by atoms with Crippen LogP contribution in [-0.2, 0) is 0 Å². The molecule has 0 bridgehead atoms. The van der Waals surface area contributed by atoms with Crippen LogP contribution in [0.5, 0.6) is 11.5 Å². The fourth-order valence-corrected chi connectivity index (χ4v) is 2.59. The maximum Gasteiger partial charge on any atom is 0.162 e. The third-order valence-electron chi connectivity index (χ3n) is 2.86. The number of rotatable bonds is 4. The van der Waals surface area contributed by atoms with Gasteiger partial charge in [-0.05, 0) is 28.1 Å². The van der Waals surface area contributed by atoms with Gasteiger partial charge in [0.1, 0.15) is 0 Å². The van der Waals surface area contributed by atoms with Crippen molar-refractivity contribution in [2.75, 3.05) is 25.3 Å². The van der Waals surface area contributed by atoms with Gasteiger partial charge >= 0.3 is 0 Å². The zero-order chi connectivity index (χ0) is 15.6. The van der Waals surface area contributed by atoms with E-state index in [1.165, 1.54) is 0 Å². The van der Waals surface area contributed by atoms with Crippen molar-refractivity contribution in [3.63, 3.8) is 0 Å². The predicted molar refractivity (Wildman–Crippen MR) is 91.4 cm³/mol. The van der Waals surface area contributed by atoms with E-state index in [9.17, 15) is 0 Å². The minimum atomic E-state index is 0.403. The van der Waals surface area contributed by atoms with Crippen molar-refractivity contribution in [3.05, 3.63) is 38.8 Å². The van der Waals surface area contributed by atoms with Crippen molar-refractivity contribution in [3.8, 4) is 11.5 Å². The highest BCUT2D eigenvalue weighted by molar-refractivity contribution is 9.10. The Balaban J connectivity index is 2.42. The first-order chi connectivity index (χ1) is 9.97. The van der Waals surface area contributed by atoms with Gasteiger partial charge in [0, 0.05) is 16.6 Å². The summed E-state index contributed by atoms with van der Waals surface area (Å²) in [6.07, 6.45) is 0. The zero-order valence-electron chi connectivity index (χ0n) is 11.3. The first kappa shape index (κ1) is 16.1. The summed E-state index contributed by atoms with van der Waals surface area (Å²) >= 11 is 15.6. The van der Waals surface area contributed by atoms with Gasteiger partial charge in [0.2, 0.25) is 0 Å². The lowest BCUT2D eigenvalue weighted by Crippen LogP contribution is -2.00. The molecule has 0 amide bonds. The molecule has 0 aliphatic heterocycles. The van der Waals surface area contributed by atoms with Gasteiger partial charge in [-0.2, -0.15) is 0 Å². The van der Waals surface area contributed by atoms with Crippen molar-refractivity contribution < 1.29 is 9.47 Å². The second kappa shape index (κ2) is 6.64. The third kappa shape index (κ3) is 3.31. The molecular weight excluding hydrogens is 379 g/mol. The average molecular weight is 392 g/mol. The number of hydrogen-bond donors (Lipinski definition) is 2. The van der Waals surface area contributed by atoms with E-state index in [-0.39, 0.29) is 0 Å². The van der Waals surface area contributed by atoms with Crippen molar-refractivity contribution >= 4 is 56.2 Å². The van der Waals surface area contributed by atoms with Gasteiger partial charge in [-0.15, -0.1) is 0 Å². The Hall–Kier alpha value is -1.30. The van der Waals surface area contributed by atoms with Gasteiger partial charge in [0.15, 0.2) is 11.5 Å². The first-order valence-electron chi connectivity index (χ1n) is 5.90. The number of nitrogens with one attached hydrogen (secondary N) is 1. The Kier molecular flexibility index (Phi) is 5.08. The minimum absolute atomic E-state index is 0.403. The van der Waals surface area contributed by atoms with E-state index in [2.05, 4.69) is 21.2 Å². The van der Waals surface area contributed by atoms with Crippen LogP contribution < -0.4 is 20.5 Å². The summed E-state index contributed by atoms with van der Waals surface area (Å²) in [5.74, 6) is 1.12. The predicted octanol–water partition coefficient (Wildman–Crippen LogP) is 5.10. The quantitative estimate of drug-likeness (QED) is 0.562. The number of halogens is 3. The topological polar surface area (TPSA) is 56.5 Å². The molecule has 0 aliphatic carbocycles. The molecule has 0 aliphatic rings. The summed E-state index contributed by atoms with van der Waals surface area (Å²) in [6.45, 7) is 0. The van der Waals surface area contributed by atoms with Crippen molar-refractivity contribution in [2.45, 2.75) is 0 Å². The molecule has 21 heavy (non-hydrogen) atoms. The van der Waals surface area contributed by atoms with Gasteiger partial charge in [0.05, 0.1) is 41.3 Å². The molecule has 7 heteroatoms. The maximum absolute atomic E-state index is 6.21. The van der Waals surface area contributed by atoms with Crippen LogP contribution in [0, 0.1) is 0 Å².